The Hall–Kier alpha value is -3.42. The van der Waals surface area contributed by atoms with E-state index >= 15 is 0 Å². The van der Waals surface area contributed by atoms with Gasteiger partial charge in [-0.25, -0.2) is 4.98 Å². The van der Waals surface area contributed by atoms with Gasteiger partial charge in [-0.15, -0.1) is 11.3 Å². The highest BCUT2D eigenvalue weighted by molar-refractivity contribution is 7.16. The van der Waals surface area contributed by atoms with Crippen molar-refractivity contribution >= 4 is 33.3 Å². The number of nitriles is 1. The first-order valence-corrected chi connectivity index (χ1v) is 9.91. The number of ether oxygens (including phenoxy) is 2. The fourth-order valence-electron chi connectivity index (χ4n) is 3.24. The second-order valence-electron chi connectivity index (χ2n) is 6.65. The molecule has 9 nitrogen and oxygen atoms in total. The zero-order valence-corrected chi connectivity index (χ0v) is 16.4. The van der Waals surface area contributed by atoms with Gasteiger partial charge in [0.25, 0.3) is 0 Å². The van der Waals surface area contributed by atoms with Gasteiger partial charge in [-0.1, -0.05) is 0 Å². The number of anilines is 2. The van der Waals surface area contributed by atoms with Crippen LogP contribution in [0.3, 0.4) is 0 Å². The van der Waals surface area contributed by atoms with Crippen molar-refractivity contribution in [2.45, 2.75) is 12.5 Å². The van der Waals surface area contributed by atoms with Crippen LogP contribution in [0, 0.1) is 11.3 Å². The topological polar surface area (TPSA) is 103 Å². The van der Waals surface area contributed by atoms with E-state index in [-0.39, 0.29) is 6.10 Å². The zero-order valence-electron chi connectivity index (χ0n) is 15.6. The zero-order chi connectivity index (χ0) is 19.8. The summed E-state index contributed by atoms with van der Waals surface area (Å²) in [6.07, 6.45) is 6.40. The number of aromatic nitrogens is 5. The Morgan fingerprint density at radius 3 is 3.00 bits per heavy atom. The summed E-state index contributed by atoms with van der Waals surface area (Å²) >= 11 is 1.35. The molecule has 0 bridgehead atoms. The number of hydrogen-bond acceptors (Lipinski definition) is 8. The van der Waals surface area contributed by atoms with Crippen molar-refractivity contribution in [3.05, 3.63) is 41.7 Å². The quantitative estimate of drug-likeness (QED) is 0.542. The Kier molecular flexibility index (Phi) is 4.38. The molecule has 1 aliphatic rings. The lowest BCUT2D eigenvalue weighted by Crippen LogP contribution is -2.17. The third kappa shape index (κ3) is 3.41. The molecule has 29 heavy (non-hydrogen) atoms. The molecule has 0 saturated carbocycles. The maximum absolute atomic E-state index is 9.03. The lowest BCUT2D eigenvalue weighted by atomic mass is 10.3. The molecule has 0 unspecified atom stereocenters. The molecule has 1 atom stereocenters. The molecular weight excluding hydrogens is 390 g/mol. The number of nitrogens with one attached hydrogen (secondary N) is 1. The van der Waals surface area contributed by atoms with E-state index in [4.69, 9.17) is 14.7 Å². The molecule has 1 saturated heterocycles. The van der Waals surface area contributed by atoms with Crippen LogP contribution in [-0.2, 0) is 11.8 Å². The summed E-state index contributed by atoms with van der Waals surface area (Å²) < 4.78 is 15.4. The SMILES string of the molecule is Cn1cc(-n2ccc3nc(Nc4ccc(C#N)s4)nc(O[C@H]4CCOC4)c32)cn1. The number of rotatable bonds is 5. The van der Waals surface area contributed by atoms with Gasteiger partial charge >= 0.3 is 0 Å². The van der Waals surface area contributed by atoms with Crippen LogP contribution in [-0.4, -0.2) is 43.6 Å². The van der Waals surface area contributed by atoms with E-state index in [9.17, 15) is 0 Å². The molecule has 5 rings (SSSR count). The first-order valence-electron chi connectivity index (χ1n) is 9.09. The van der Waals surface area contributed by atoms with Gasteiger partial charge in [0.2, 0.25) is 11.8 Å². The van der Waals surface area contributed by atoms with Crippen LogP contribution in [0.2, 0.25) is 0 Å². The first kappa shape index (κ1) is 17.7. The van der Waals surface area contributed by atoms with Crippen molar-refractivity contribution in [1.82, 2.24) is 24.3 Å². The summed E-state index contributed by atoms with van der Waals surface area (Å²) in [5.41, 5.74) is 2.42. The van der Waals surface area contributed by atoms with Gasteiger partial charge in [0.15, 0.2) is 0 Å². The molecule has 10 heteroatoms. The van der Waals surface area contributed by atoms with Crippen molar-refractivity contribution in [3.63, 3.8) is 0 Å². The fourth-order valence-corrected chi connectivity index (χ4v) is 3.94. The molecule has 0 spiro atoms. The van der Waals surface area contributed by atoms with E-state index < -0.39 is 0 Å². The number of nitrogens with zero attached hydrogens (tertiary/aromatic N) is 6. The van der Waals surface area contributed by atoms with Gasteiger partial charge in [-0.05, 0) is 18.2 Å². The Labute approximate surface area is 170 Å². The Bertz CT molecular complexity index is 1210. The van der Waals surface area contributed by atoms with E-state index in [2.05, 4.69) is 26.5 Å². The van der Waals surface area contributed by atoms with Crippen LogP contribution in [0.15, 0.2) is 36.8 Å². The van der Waals surface area contributed by atoms with Crippen LogP contribution in [0.25, 0.3) is 16.7 Å². The third-order valence-corrected chi connectivity index (χ3v) is 5.49. The van der Waals surface area contributed by atoms with Crippen LogP contribution in [0.5, 0.6) is 5.88 Å². The largest absolute Gasteiger partial charge is 0.470 e. The molecule has 4 aromatic rings. The van der Waals surface area contributed by atoms with Crippen molar-refractivity contribution in [3.8, 4) is 17.6 Å². The molecule has 0 amide bonds. The standard InChI is InChI=1S/C19H17N7O2S/c1-25-10-12(9-21-25)26-6-4-15-17(26)18(28-13-5-7-27-11-13)24-19(22-15)23-16-3-2-14(8-20)29-16/h2-4,6,9-10,13H,5,7,11H2,1H3,(H,22,23,24)/t13-/m0/s1. The third-order valence-electron chi connectivity index (χ3n) is 4.59. The van der Waals surface area contributed by atoms with Gasteiger partial charge in [0.05, 0.1) is 35.6 Å². The summed E-state index contributed by atoms with van der Waals surface area (Å²) in [6.45, 7) is 1.22. The monoisotopic (exact) mass is 407 g/mol. The van der Waals surface area contributed by atoms with Gasteiger partial charge in [0.1, 0.15) is 22.6 Å². The van der Waals surface area contributed by atoms with Crippen LogP contribution < -0.4 is 10.1 Å². The van der Waals surface area contributed by atoms with Crippen molar-refractivity contribution < 1.29 is 9.47 Å². The van der Waals surface area contributed by atoms with Crippen molar-refractivity contribution in [1.29, 1.82) is 5.26 Å². The van der Waals surface area contributed by atoms with Gasteiger partial charge in [-0.2, -0.15) is 15.3 Å². The molecule has 1 fully saturated rings. The van der Waals surface area contributed by atoms with Crippen LogP contribution >= 0.6 is 11.3 Å². The number of aryl methyl sites for hydroxylation is 1. The van der Waals surface area contributed by atoms with E-state index in [1.165, 1.54) is 11.3 Å². The summed E-state index contributed by atoms with van der Waals surface area (Å²) in [5, 5.41) is 17.3. The molecule has 1 aliphatic heterocycles. The van der Waals surface area contributed by atoms with Crippen molar-refractivity contribution in [2.75, 3.05) is 18.5 Å². The Morgan fingerprint density at radius 2 is 2.28 bits per heavy atom. The maximum Gasteiger partial charge on any atom is 0.244 e. The first-order chi connectivity index (χ1) is 14.2. The number of hydrogen-bond donors (Lipinski definition) is 1. The van der Waals surface area contributed by atoms with E-state index in [1.54, 1.807) is 16.9 Å². The fraction of sp³-hybridized carbons (Fsp3) is 0.263. The highest BCUT2D eigenvalue weighted by Crippen LogP contribution is 2.31. The Balaban J connectivity index is 1.58. The highest BCUT2D eigenvalue weighted by Gasteiger charge is 2.22. The molecular formula is C19H17N7O2S. The van der Waals surface area contributed by atoms with E-state index in [1.807, 2.05) is 36.1 Å². The van der Waals surface area contributed by atoms with Gasteiger partial charge in [0, 0.05) is 25.9 Å². The number of fused-ring (bicyclic) bond motifs is 1. The van der Waals surface area contributed by atoms with Crippen molar-refractivity contribution in [2.24, 2.45) is 7.05 Å². The lowest BCUT2D eigenvalue weighted by Gasteiger charge is -2.14. The minimum absolute atomic E-state index is 0.0508. The molecule has 146 valence electrons. The summed E-state index contributed by atoms with van der Waals surface area (Å²) in [5.74, 6) is 0.903. The molecule has 1 N–H and O–H groups in total. The summed E-state index contributed by atoms with van der Waals surface area (Å²) in [7, 11) is 1.87. The van der Waals surface area contributed by atoms with Crippen LogP contribution in [0.1, 0.15) is 11.3 Å². The average Bonchev–Trinajstić information content (AvgIpc) is 3.48. The highest BCUT2D eigenvalue weighted by atomic mass is 32.1. The second kappa shape index (κ2) is 7.20. The summed E-state index contributed by atoms with van der Waals surface area (Å²) in [6, 6.07) is 7.65. The predicted octanol–water partition coefficient (Wildman–Crippen LogP) is 3.00. The van der Waals surface area contributed by atoms with Crippen LogP contribution in [0.4, 0.5) is 10.9 Å². The minimum Gasteiger partial charge on any atom is -0.470 e. The van der Waals surface area contributed by atoms with E-state index in [0.717, 1.165) is 28.1 Å². The molecule has 4 aromatic heterocycles. The molecule has 5 heterocycles. The smallest absolute Gasteiger partial charge is 0.244 e. The number of thiophene rings is 1. The van der Waals surface area contributed by atoms with Gasteiger partial charge in [-0.3, -0.25) is 4.68 Å². The second-order valence-corrected chi connectivity index (χ2v) is 7.73. The summed E-state index contributed by atoms with van der Waals surface area (Å²) in [4.78, 5) is 9.89. The normalized spacial score (nSPS) is 16.2. The Morgan fingerprint density at radius 1 is 1.34 bits per heavy atom. The molecule has 0 radical (unpaired) electrons. The minimum atomic E-state index is -0.0508. The maximum atomic E-state index is 9.03. The average molecular weight is 407 g/mol. The predicted molar refractivity (Wildman–Crippen MR) is 108 cm³/mol. The van der Waals surface area contributed by atoms with E-state index in [0.29, 0.717) is 29.9 Å². The lowest BCUT2D eigenvalue weighted by molar-refractivity contribution is 0.139. The molecule has 0 aromatic carbocycles. The molecule has 0 aliphatic carbocycles. The van der Waals surface area contributed by atoms with Gasteiger partial charge < -0.3 is 19.4 Å².